The van der Waals surface area contributed by atoms with E-state index in [0.717, 1.165) is 16.7 Å². The average molecular weight is 402 g/mol. The Hall–Kier alpha value is -2.74. The van der Waals surface area contributed by atoms with E-state index in [2.05, 4.69) is 0 Å². The molecule has 7 nitrogen and oxygen atoms in total. The van der Waals surface area contributed by atoms with Crippen molar-refractivity contribution in [2.24, 2.45) is 0 Å². The summed E-state index contributed by atoms with van der Waals surface area (Å²) in [7, 11) is 6.19. The van der Waals surface area contributed by atoms with Gasteiger partial charge < -0.3 is 33.9 Å². The largest absolute Gasteiger partial charge is 0.504 e. The van der Waals surface area contributed by atoms with Crippen molar-refractivity contribution in [1.29, 1.82) is 0 Å². The van der Waals surface area contributed by atoms with E-state index in [1.807, 2.05) is 18.2 Å². The summed E-state index contributed by atoms with van der Waals surface area (Å²) in [5, 5.41) is 20.0. The second kappa shape index (κ2) is 9.17. The van der Waals surface area contributed by atoms with Gasteiger partial charge in [0.1, 0.15) is 6.10 Å². The second-order valence-corrected chi connectivity index (χ2v) is 6.60. The lowest BCUT2D eigenvalue weighted by molar-refractivity contribution is -0.0660. The summed E-state index contributed by atoms with van der Waals surface area (Å²) in [6, 6.07) is 8.83. The smallest absolute Gasteiger partial charge is 0.176 e. The van der Waals surface area contributed by atoms with Gasteiger partial charge in [0.25, 0.3) is 0 Å². The minimum absolute atomic E-state index is 0.0446. The maximum atomic E-state index is 10.1. The van der Waals surface area contributed by atoms with E-state index in [9.17, 15) is 10.2 Å². The van der Waals surface area contributed by atoms with Crippen molar-refractivity contribution in [2.75, 3.05) is 35.0 Å². The van der Waals surface area contributed by atoms with Gasteiger partial charge in [-0.05, 0) is 41.5 Å². The van der Waals surface area contributed by atoms with Crippen LogP contribution in [0.2, 0.25) is 0 Å². The van der Waals surface area contributed by atoms with Crippen LogP contribution >= 0.6 is 0 Å². The fourth-order valence-electron chi connectivity index (χ4n) is 3.48. The van der Waals surface area contributed by atoms with Crippen molar-refractivity contribution >= 4 is 6.08 Å². The van der Waals surface area contributed by atoms with Crippen molar-refractivity contribution in [2.45, 2.75) is 18.3 Å². The molecule has 0 saturated heterocycles. The van der Waals surface area contributed by atoms with Crippen molar-refractivity contribution in [1.82, 2.24) is 0 Å². The third-order valence-electron chi connectivity index (χ3n) is 4.97. The standard InChI is InChI=1S/C22H26O7/c1-25-18-11-14(6-7-17(18)24)21-16(12-23)15-9-13(5-8-20(27-3)28-4)10-19(26-2)22(15)29-21/h5-11,16,20-21,23-24H,12H2,1-4H3/t16-,21+/m0/s1. The Morgan fingerprint density at radius 1 is 1.03 bits per heavy atom. The highest BCUT2D eigenvalue weighted by Crippen LogP contribution is 2.51. The van der Waals surface area contributed by atoms with Crippen LogP contribution in [-0.2, 0) is 9.47 Å². The zero-order chi connectivity index (χ0) is 21.0. The Labute approximate surface area is 170 Å². The normalized spacial score (nSPS) is 18.1. The van der Waals surface area contributed by atoms with Gasteiger partial charge >= 0.3 is 0 Å². The number of aliphatic hydroxyl groups is 1. The van der Waals surface area contributed by atoms with Crippen molar-refractivity contribution < 1.29 is 33.9 Å². The molecule has 2 N–H and O–H groups in total. The molecule has 7 heteroatoms. The predicted molar refractivity (Wildman–Crippen MR) is 108 cm³/mol. The molecule has 2 aromatic rings. The topological polar surface area (TPSA) is 86.6 Å². The molecule has 0 saturated carbocycles. The number of ether oxygens (including phenoxy) is 5. The number of fused-ring (bicyclic) bond motifs is 1. The Kier molecular flexibility index (Phi) is 6.64. The lowest BCUT2D eigenvalue weighted by Gasteiger charge is -2.18. The molecular formula is C22H26O7. The van der Waals surface area contributed by atoms with Crippen LogP contribution in [0, 0.1) is 0 Å². The predicted octanol–water partition coefficient (Wildman–Crippen LogP) is 3.25. The number of hydrogen-bond acceptors (Lipinski definition) is 7. The molecule has 0 fully saturated rings. The monoisotopic (exact) mass is 402 g/mol. The van der Waals surface area contributed by atoms with E-state index < -0.39 is 12.4 Å². The molecule has 2 aromatic carbocycles. The minimum Gasteiger partial charge on any atom is -0.504 e. The summed E-state index contributed by atoms with van der Waals surface area (Å²) < 4.78 is 27.3. The maximum absolute atomic E-state index is 10.1. The Balaban J connectivity index is 1.99. The first-order chi connectivity index (χ1) is 14.1. The molecule has 0 aromatic heterocycles. The van der Waals surface area contributed by atoms with Crippen LogP contribution in [0.25, 0.3) is 6.08 Å². The van der Waals surface area contributed by atoms with Gasteiger partial charge in [-0.1, -0.05) is 12.1 Å². The Bertz CT molecular complexity index is 874. The Morgan fingerprint density at radius 3 is 2.38 bits per heavy atom. The van der Waals surface area contributed by atoms with Crippen LogP contribution in [0.4, 0.5) is 0 Å². The molecule has 2 atom stereocenters. The van der Waals surface area contributed by atoms with Gasteiger partial charge in [0.15, 0.2) is 29.3 Å². The number of hydrogen-bond donors (Lipinski definition) is 2. The lowest BCUT2D eigenvalue weighted by atomic mass is 9.90. The number of phenolic OH excluding ortho intramolecular Hbond substituents is 1. The summed E-state index contributed by atoms with van der Waals surface area (Å²) in [5.41, 5.74) is 2.49. The highest BCUT2D eigenvalue weighted by molar-refractivity contribution is 5.62. The molecule has 1 aliphatic rings. The van der Waals surface area contributed by atoms with Crippen molar-refractivity contribution in [3.8, 4) is 23.0 Å². The molecular weight excluding hydrogens is 376 g/mol. The van der Waals surface area contributed by atoms with Crippen molar-refractivity contribution in [3.63, 3.8) is 0 Å². The van der Waals surface area contributed by atoms with Gasteiger partial charge in [0.05, 0.1) is 26.7 Å². The molecule has 0 unspecified atom stereocenters. The molecule has 3 rings (SSSR count). The van der Waals surface area contributed by atoms with E-state index in [1.165, 1.54) is 7.11 Å². The van der Waals surface area contributed by atoms with Gasteiger partial charge in [-0.25, -0.2) is 0 Å². The summed E-state index contributed by atoms with van der Waals surface area (Å²) in [6.45, 7) is -0.115. The third-order valence-corrected chi connectivity index (χ3v) is 4.97. The van der Waals surface area contributed by atoms with Gasteiger partial charge in [0, 0.05) is 19.8 Å². The van der Waals surface area contributed by atoms with Crippen molar-refractivity contribution in [3.05, 3.63) is 53.1 Å². The molecule has 0 amide bonds. The highest BCUT2D eigenvalue weighted by atomic mass is 16.7. The van der Waals surface area contributed by atoms with E-state index >= 15 is 0 Å². The third kappa shape index (κ3) is 4.17. The first kappa shape index (κ1) is 21.0. The number of methoxy groups -OCH3 is 4. The number of rotatable bonds is 8. The molecule has 1 aliphatic heterocycles. The number of aliphatic hydroxyl groups excluding tert-OH is 1. The van der Waals surface area contributed by atoms with Crippen LogP contribution in [0.1, 0.15) is 28.7 Å². The zero-order valence-electron chi connectivity index (χ0n) is 16.9. The van der Waals surface area contributed by atoms with Crippen LogP contribution < -0.4 is 14.2 Å². The first-order valence-electron chi connectivity index (χ1n) is 9.16. The van der Waals surface area contributed by atoms with Gasteiger partial charge in [0.2, 0.25) is 0 Å². The second-order valence-electron chi connectivity index (χ2n) is 6.60. The molecule has 0 bridgehead atoms. The van der Waals surface area contributed by atoms with Crippen LogP contribution in [0.3, 0.4) is 0 Å². The molecule has 156 valence electrons. The van der Waals surface area contributed by atoms with Crippen LogP contribution in [0.5, 0.6) is 23.0 Å². The quantitative estimate of drug-likeness (QED) is 0.656. The summed E-state index contributed by atoms with van der Waals surface area (Å²) in [4.78, 5) is 0. The zero-order valence-corrected chi connectivity index (χ0v) is 16.9. The maximum Gasteiger partial charge on any atom is 0.176 e. The number of benzene rings is 2. The molecule has 0 spiro atoms. The molecule has 1 heterocycles. The summed E-state index contributed by atoms with van der Waals surface area (Å²) in [5.74, 6) is 1.25. The van der Waals surface area contributed by atoms with E-state index in [0.29, 0.717) is 17.2 Å². The Morgan fingerprint density at radius 2 is 1.76 bits per heavy atom. The lowest BCUT2D eigenvalue weighted by Crippen LogP contribution is -2.13. The fourth-order valence-corrected chi connectivity index (χ4v) is 3.48. The van der Waals surface area contributed by atoms with E-state index in [4.69, 9.17) is 23.7 Å². The number of aromatic hydroxyl groups is 1. The average Bonchev–Trinajstić information content (AvgIpc) is 3.12. The van der Waals surface area contributed by atoms with E-state index in [-0.39, 0.29) is 18.3 Å². The van der Waals surface area contributed by atoms with E-state index in [1.54, 1.807) is 45.6 Å². The van der Waals surface area contributed by atoms with Crippen LogP contribution in [-0.4, -0.2) is 51.5 Å². The van der Waals surface area contributed by atoms with Crippen LogP contribution in [0.15, 0.2) is 36.4 Å². The molecule has 0 radical (unpaired) electrons. The minimum atomic E-state index is -0.462. The SMILES string of the molecule is COc1cc([C@H]2Oc3c(OC)cc(C=CC(OC)OC)cc3[C@@H]2CO)ccc1O. The number of phenols is 1. The molecule has 0 aliphatic carbocycles. The highest BCUT2D eigenvalue weighted by Gasteiger charge is 2.37. The first-order valence-corrected chi connectivity index (χ1v) is 9.16. The summed E-state index contributed by atoms with van der Waals surface area (Å²) >= 11 is 0. The summed E-state index contributed by atoms with van der Waals surface area (Å²) in [6.07, 6.45) is 2.75. The van der Waals surface area contributed by atoms with Gasteiger partial charge in [-0.15, -0.1) is 0 Å². The molecule has 29 heavy (non-hydrogen) atoms. The fraction of sp³-hybridized carbons (Fsp3) is 0.364. The van der Waals surface area contributed by atoms with Gasteiger partial charge in [-0.3, -0.25) is 0 Å². The van der Waals surface area contributed by atoms with Gasteiger partial charge in [-0.2, -0.15) is 0 Å².